The molecule has 6 nitrogen and oxygen atoms in total. The molecule has 0 aliphatic carbocycles. The van der Waals surface area contributed by atoms with Gasteiger partial charge in [0.2, 0.25) is 11.8 Å². The van der Waals surface area contributed by atoms with E-state index >= 15 is 0 Å². The van der Waals surface area contributed by atoms with Gasteiger partial charge >= 0.3 is 5.97 Å². The van der Waals surface area contributed by atoms with Gasteiger partial charge in [-0.05, 0) is 13.3 Å². The highest BCUT2D eigenvalue weighted by Gasteiger charge is 2.40. The van der Waals surface area contributed by atoms with E-state index < -0.39 is 12.1 Å². The molecule has 2 amide bonds. The molecule has 2 atom stereocenters. The van der Waals surface area contributed by atoms with Crippen molar-refractivity contribution in [1.29, 1.82) is 0 Å². The molecular formula is C11H16N2O4S. The zero-order valence-corrected chi connectivity index (χ0v) is 11.0. The fourth-order valence-electron chi connectivity index (χ4n) is 2.09. The SMILES string of the molecule is CCOC(=O)[C@@H]1CSCN1C(=O)[C@@H]1CCC(=O)N1. The van der Waals surface area contributed by atoms with E-state index in [0.717, 1.165) is 0 Å². The molecule has 0 spiro atoms. The minimum absolute atomic E-state index is 0.104. The number of hydrogen-bond donors (Lipinski definition) is 1. The van der Waals surface area contributed by atoms with E-state index in [2.05, 4.69) is 5.32 Å². The first-order valence-electron chi connectivity index (χ1n) is 5.97. The lowest BCUT2D eigenvalue weighted by atomic mass is 10.2. The first-order chi connectivity index (χ1) is 8.63. The molecule has 1 N–H and O–H groups in total. The third-order valence-electron chi connectivity index (χ3n) is 3.02. The van der Waals surface area contributed by atoms with Crippen molar-refractivity contribution in [2.24, 2.45) is 0 Å². The third-order valence-corrected chi connectivity index (χ3v) is 4.03. The van der Waals surface area contributed by atoms with Crippen molar-refractivity contribution in [2.75, 3.05) is 18.2 Å². The molecule has 100 valence electrons. The summed E-state index contributed by atoms with van der Waals surface area (Å²) in [5, 5.41) is 2.63. The number of ether oxygens (including phenoxy) is 1. The number of esters is 1. The lowest BCUT2D eigenvalue weighted by Gasteiger charge is -2.24. The molecule has 2 fully saturated rings. The van der Waals surface area contributed by atoms with Crippen LogP contribution in [0.1, 0.15) is 19.8 Å². The summed E-state index contributed by atoms with van der Waals surface area (Å²) in [4.78, 5) is 36.5. The van der Waals surface area contributed by atoms with Gasteiger partial charge in [0.1, 0.15) is 12.1 Å². The summed E-state index contributed by atoms with van der Waals surface area (Å²) >= 11 is 1.52. The lowest BCUT2D eigenvalue weighted by molar-refractivity contribution is -0.153. The van der Waals surface area contributed by atoms with E-state index in [4.69, 9.17) is 4.74 Å². The Balaban J connectivity index is 2.00. The molecule has 18 heavy (non-hydrogen) atoms. The van der Waals surface area contributed by atoms with Gasteiger partial charge in [0.05, 0.1) is 12.5 Å². The summed E-state index contributed by atoms with van der Waals surface area (Å²) in [7, 11) is 0. The van der Waals surface area contributed by atoms with E-state index in [9.17, 15) is 14.4 Å². The van der Waals surface area contributed by atoms with Crippen LogP contribution in [-0.4, -0.2) is 53.0 Å². The summed E-state index contributed by atoms with van der Waals surface area (Å²) in [6.07, 6.45) is 0.885. The number of nitrogens with zero attached hydrogens (tertiary/aromatic N) is 1. The molecule has 2 saturated heterocycles. The quantitative estimate of drug-likeness (QED) is 0.716. The van der Waals surface area contributed by atoms with Crippen LogP contribution in [0.25, 0.3) is 0 Å². The van der Waals surface area contributed by atoms with Gasteiger partial charge in [0.15, 0.2) is 0 Å². The Labute approximate surface area is 109 Å². The number of carbonyl (C=O) groups excluding carboxylic acids is 3. The molecular weight excluding hydrogens is 256 g/mol. The van der Waals surface area contributed by atoms with Crippen molar-refractivity contribution in [3.8, 4) is 0 Å². The van der Waals surface area contributed by atoms with Crippen molar-refractivity contribution in [3.63, 3.8) is 0 Å². The Bertz CT molecular complexity index is 374. The molecule has 2 rings (SSSR count). The monoisotopic (exact) mass is 272 g/mol. The van der Waals surface area contributed by atoms with E-state index in [0.29, 0.717) is 31.1 Å². The zero-order chi connectivity index (χ0) is 13.1. The van der Waals surface area contributed by atoms with Gasteiger partial charge in [-0.2, -0.15) is 0 Å². The first-order valence-corrected chi connectivity index (χ1v) is 7.13. The summed E-state index contributed by atoms with van der Waals surface area (Å²) < 4.78 is 4.96. The molecule has 0 saturated carbocycles. The summed E-state index contributed by atoms with van der Waals surface area (Å²) in [6, 6.07) is -0.993. The van der Waals surface area contributed by atoms with Crippen LogP contribution in [0.5, 0.6) is 0 Å². The second-order valence-electron chi connectivity index (χ2n) is 4.23. The third kappa shape index (κ3) is 2.60. The maximum atomic E-state index is 12.2. The van der Waals surface area contributed by atoms with E-state index in [1.165, 1.54) is 16.7 Å². The predicted molar refractivity (Wildman–Crippen MR) is 65.8 cm³/mol. The largest absolute Gasteiger partial charge is 0.464 e. The van der Waals surface area contributed by atoms with Gasteiger partial charge in [-0.3, -0.25) is 9.59 Å². The van der Waals surface area contributed by atoms with Crippen LogP contribution in [0.4, 0.5) is 0 Å². The average molecular weight is 272 g/mol. The molecule has 0 aromatic rings. The van der Waals surface area contributed by atoms with E-state index in [1.54, 1.807) is 6.92 Å². The molecule has 2 aliphatic rings. The maximum absolute atomic E-state index is 12.2. The molecule has 0 aromatic heterocycles. The van der Waals surface area contributed by atoms with Crippen molar-refractivity contribution >= 4 is 29.5 Å². The second kappa shape index (κ2) is 5.60. The fraction of sp³-hybridized carbons (Fsp3) is 0.727. The van der Waals surface area contributed by atoms with Crippen LogP contribution in [-0.2, 0) is 19.1 Å². The summed E-state index contributed by atoms with van der Waals surface area (Å²) in [5.74, 6) is 0.400. The highest BCUT2D eigenvalue weighted by Crippen LogP contribution is 2.24. The zero-order valence-electron chi connectivity index (χ0n) is 10.2. The van der Waals surface area contributed by atoms with Crippen LogP contribution in [0.2, 0.25) is 0 Å². The average Bonchev–Trinajstić information content (AvgIpc) is 2.96. The lowest BCUT2D eigenvalue weighted by Crippen LogP contribution is -2.49. The number of nitrogens with one attached hydrogen (secondary N) is 1. The van der Waals surface area contributed by atoms with Crippen molar-refractivity contribution in [3.05, 3.63) is 0 Å². The predicted octanol–water partition coefficient (Wildman–Crippen LogP) is -0.270. The van der Waals surface area contributed by atoms with E-state index in [1.807, 2.05) is 0 Å². The Morgan fingerprint density at radius 3 is 2.94 bits per heavy atom. The standard InChI is InChI=1S/C11H16N2O4S/c1-2-17-11(16)8-5-18-6-13(8)10(15)7-3-4-9(14)12-7/h7-8H,2-6H2,1H3,(H,12,14)/t7-,8-/m0/s1. The minimum Gasteiger partial charge on any atom is -0.464 e. The van der Waals surface area contributed by atoms with Crippen LogP contribution in [0.3, 0.4) is 0 Å². The molecule has 0 bridgehead atoms. The smallest absolute Gasteiger partial charge is 0.329 e. The van der Waals surface area contributed by atoms with Gasteiger partial charge in [0, 0.05) is 12.2 Å². The van der Waals surface area contributed by atoms with Gasteiger partial charge in [0.25, 0.3) is 0 Å². The normalized spacial score (nSPS) is 27.2. The molecule has 2 aliphatic heterocycles. The fourth-order valence-corrected chi connectivity index (χ4v) is 3.24. The van der Waals surface area contributed by atoms with Crippen LogP contribution >= 0.6 is 11.8 Å². The van der Waals surface area contributed by atoms with Crippen LogP contribution in [0, 0.1) is 0 Å². The number of carbonyl (C=O) groups is 3. The van der Waals surface area contributed by atoms with Crippen molar-refractivity contribution < 1.29 is 19.1 Å². The Morgan fingerprint density at radius 2 is 2.33 bits per heavy atom. The first kappa shape index (κ1) is 13.2. The van der Waals surface area contributed by atoms with Crippen molar-refractivity contribution in [1.82, 2.24) is 10.2 Å². The molecule has 7 heteroatoms. The Hall–Kier alpha value is -1.24. The Morgan fingerprint density at radius 1 is 1.56 bits per heavy atom. The van der Waals surface area contributed by atoms with Gasteiger partial charge in [-0.25, -0.2) is 4.79 Å². The van der Waals surface area contributed by atoms with E-state index in [-0.39, 0.29) is 17.8 Å². The number of amides is 2. The highest BCUT2D eigenvalue weighted by molar-refractivity contribution is 7.99. The molecule has 0 unspecified atom stereocenters. The highest BCUT2D eigenvalue weighted by atomic mass is 32.2. The van der Waals surface area contributed by atoms with Gasteiger partial charge in [-0.15, -0.1) is 11.8 Å². The van der Waals surface area contributed by atoms with Gasteiger partial charge in [-0.1, -0.05) is 0 Å². The summed E-state index contributed by atoms with van der Waals surface area (Å²) in [6.45, 7) is 2.05. The molecule has 0 aromatic carbocycles. The van der Waals surface area contributed by atoms with Gasteiger partial charge < -0.3 is 15.0 Å². The summed E-state index contributed by atoms with van der Waals surface area (Å²) in [5.41, 5.74) is 0. The Kier molecular flexibility index (Phi) is 4.11. The van der Waals surface area contributed by atoms with Crippen LogP contribution in [0.15, 0.2) is 0 Å². The number of thioether (sulfide) groups is 1. The van der Waals surface area contributed by atoms with Crippen LogP contribution < -0.4 is 5.32 Å². The molecule has 0 radical (unpaired) electrons. The van der Waals surface area contributed by atoms with Crippen molar-refractivity contribution in [2.45, 2.75) is 31.8 Å². The topological polar surface area (TPSA) is 75.7 Å². The maximum Gasteiger partial charge on any atom is 0.329 e. The number of rotatable bonds is 3. The second-order valence-corrected chi connectivity index (χ2v) is 5.23. The number of hydrogen-bond acceptors (Lipinski definition) is 5. The molecule has 2 heterocycles. The minimum atomic E-state index is -0.514.